The summed E-state index contributed by atoms with van der Waals surface area (Å²) < 4.78 is 45.2. The molecule has 1 N–H and O–H groups in total. The van der Waals surface area contributed by atoms with Crippen LogP contribution in [0.25, 0.3) is 5.69 Å². The van der Waals surface area contributed by atoms with Crippen LogP contribution >= 0.6 is 0 Å². The Bertz CT molecular complexity index is 1180. The van der Waals surface area contributed by atoms with Crippen LogP contribution in [0.1, 0.15) is 43.9 Å². The number of imidazole rings is 1. The molecule has 12 heteroatoms. The number of aryl methyl sites for hydroxylation is 1. The number of anilines is 2. The van der Waals surface area contributed by atoms with Crippen LogP contribution in [-0.4, -0.2) is 43.2 Å². The van der Waals surface area contributed by atoms with E-state index in [2.05, 4.69) is 25.3 Å². The van der Waals surface area contributed by atoms with Gasteiger partial charge < -0.3 is 14.6 Å². The van der Waals surface area contributed by atoms with E-state index in [-0.39, 0.29) is 36.5 Å². The molecule has 9 nitrogen and oxygen atoms in total. The second kappa shape index (κ2) is 8.92. The number of nitrogens with one attached hydrogen (secondary N) is 1. The van der Waals surface area contributed by atoms with Gasteiger partial charge in [-0.05, 0) is 44.0 Å². The van der Waals surface area contributed by atoms with Crippen molar-refractivity contribution in [3.8, 4) is 5.69 Å². The number of cyclic esters (lactones) is 1. The predicted octanol–water partition coefficient (Wildman–Crippen LogP) is 4.54. The maximum Gasteiger partial charge on any atom is 0.417 e. The molecule has 180 valence electrons. The van der Waals surface area contributed by atoms with Crippen LogP contribution in [0.4, 0.5) is 29.9 Å². The highest BCUT2D eigenvalue weighted by Crippen LogP contribution is 2.30. The van der Waals surface area contributed by atoms with E-state index in [9.17, 15) is 18.0 Å². The van der Waals surface area contributed by atoms with Crippen LogP contribution in [0.15, 0.2) is 36.8 Å². The lowest BCUT2D eigenvalue weighted by atomic mass is 10.1. The van der Waals surface area contributed by atoms with Crippen LogP contribution in [-0.2, 0) is 10.9 Å². The summed E-state index contributed by atoms with van der Waals surface area (Å²) in [7, 11) is 0. The van der Waals surface area contributed by atoms with Crippen molar-refractivity contribution in [2.24, 2.45) is 5.92 Å². The third-order valence-electron chi connectivity index (χ3n) is 5.51. The van der Waals surface area contributed by atoms with Crippen molar-refractivity contribution < 1.29 is 22.7 Å². The first-order chi connectivity index (χ1) is 16.0. The van der Waals surface area contributed by atoms with Crippen LogP contribution in [0.3, 0.4) is 0 Å². The molecule has 0 bridgehead atoms. The molecule has 1 aliphatic heterocycles. The second-order valence-corrected chi connectivity index (χ2v) is 8.38. The molecule has 2 aromatic heterocycles. The fourth-order valence-electron chi connectivity index (χ4n) is 3.59. The number of hydrogen-bond acceptors (Lipinski definition) is 7. The summed E-state index contributed by atoms with van der Waals surface area (Å²) in [6, 6.07) is 4.30. The fraction of sp³-hybridized carbons (Fsp3) is 0.409. The minimum atomic E-state index is -4.39. The number of amides is 1. The maximum absolute atomic E-state index is 12.8. The monoisotopic (exact) mass is 475 g/mol. The molecule has 3 aromatic rings. The Balaban J connectivity index is 1.52. The first kappa shape index (κ1) is 23.5. The molecule has 0 saturated carbocycles. The summed E-state index contributed by atoms with van der Waals surface area (Å²) in [5, 5.41) is 3.15. The van der Waals surface area contributed by atoms with Gasteiger partial charge in [0.2, 0.25) is 11.9 Å². The van der Waals surface area contributed by atoms with Crippen LogP contribution in [0, 0.1) is 12.8 Å². The van der Waals surface area contributed by atoms with Crippen molar-refractivity contribution in [1.29, 1.82) is 0 Å². The van der Waals surface area contributed by atoms with Gasteiger partial charge in [0.25, 0.3) is 0 Å². The number of halogens is 3. The van der Waals surface area contributed by atoms with E-state index in [1.54, 1.807) is 17.7 Å². The molecule has 0 radical (unpaired) electrons. The average Bonchev–Trinajstić information content (AvgIpc) is 3.40. The highest BCUT2D eigenvalue weighted by molar-refractivity contribution is 5.88. The highest BCUT2D eigenvalue weighted by atomic mass is 19.4. The zero-order chi connectivity index (χ0) is 24.6. The Morgan fingerprint density at radius 3 is 2.47 bits per heavy atom. The van der Waals surface area contributed by atoms with Gasteiger partial charge in [-0.1, -0.05) is 13.8 Å². The van der Waals surface area contributed by atoms with Crippen molar-refractivity contribution in [2.75, 3.05) is 16.8 Å². The standard InChI is InChI=1S/C22H24F3N7O2/c1-12(2)18-10-34-21(33)32(18)20-29-14(4)28-19(30-20)27-13(3)17-9-31(11-26-17)16-7-5-15(6-8-16)22(23,24)25/h5-9,11-13,18H,10H2,1-4H3,(H,27,28,29,30)/t13-,18+/m0/s1. The van der Waals surface area contributed by atoms with E-state index in [0.29, 0.717) is 17.2 Å². The third-order valence-corrected chi connectivity index (χ3v) is 5.51. The normalized spacial score (nSPS) is 17.2. The zero-order valence-electron chi connectivity index (χ0n) is 19.0. The van der Waals surface area contributed by atoms with E-state index < -0.39 is 17.8 Å². The van der Waals surface area contributed by atoms with E-state index in [4.69, 9.17) is 4.74 Å². The number of aromatic nitrogens is 5. The zero-order valence-corrected chi connectivity index (χ0v) is 19.0. The van der Waals surface area contributed by atoms with Gasteiger partial charge in [-0.15, -0.1) is 0 Å². The topological polar surface area (TPSA) is 98.1 Å². The van der Waals surface area contributed by atoms with Gasteiger partial charge in [-0.2, -0.15) is 28.1 Å². The molecule has 3 heterocycles. The molecule has 1 saturated heterocycles. The first-order valence-electron chi connectivity index (χ1n) is 10.7. The molecule has 0 aliphatic carbocycles. The molecule has 34 heavy (non-hydrogen) atoms. The molecule has 1 aromatic carbocycles. The Labute approximate surface area is 194 Å². The van der Waals surface area contributed by atoms with E-state index in [0.717, 1.165) is 12.1 Å². The van der Waals surface area contributed by atoms with Crippen LogP contribution < -0.4 is 10.2 Å². The largest absolute Gasteiger partial charge is 0.447 e. The SMILES string of the molecule is Cc1nc(N[C@@H](C)c2cn(-c3ccc(C(F)(F)F)cc3)cn2)nc(N2C(=O)OC[C@@H]2C(C)C)n1. The summed E-state index contributed by atoms with van der Waals surface area (Å²) in [5.74, 6) is 1.05. The molecule has 4 rings (SSSR count). The highest BCUT2D eigenvalue weighted by Gasteiger charge is 2.38. The number of alkyl halides is 3. The summed E-state index contributed by atoms with van der Waals surface area (Å²) >= 11 is 0. The molecule has 0 unspecified atom stereocenters. The van der Waals surface area contributed by atoms with E-state index in [1.165, 1.54) is 23.4 Å². The van der Waals surface area contributed by atoms with Crippen molar-refractivity contribution in [3.05, 3.63) is 53.9 Å². The number of hydrogen-bond donors (Lipinski definition) is 1. The number of nitrogens with zero attached hydrogens (tertiary/aromatic N) is 6. The number of carbonyl (C=O) groups excluding carboxylic acids is 1. The lowest BCUT2D eigenvalue weighted by Crippen LogP contribution is -2.38. The summed E-state index contributed by atoms with van der Waals surface area (Å²) in [5.41, 5.74) is 0.457. The van der Waals surface area contributed by atoms with Gasteiger partial charge in [0.05, 0.1) is 29.7 Å². The maximum atomic E-state index is 12.8. The van der Waals surface area contributed by atoms with Crippen molar-refractivity contribution in [1.82, 2.24) is 24.5 Å². The summed E-state index contributed by atoms with van der Waals surface area (Å²) in [6.45, 7) is 7.79. The quantitative estimate of drug-likeness (QED) is 0.559. The Kier molecular flexibility index (Phi) is 6.15. The van der Waals surface area contributed by atoms with Crippen LogP contribution in [0.2, 0.25) is 0 Å². The minimum absolute atomic E-state index is 0.146. The first-order valence-corrected chi connectivity index (χ1v) is 10.7. The van der Waals surface area contributed by atoms with Gasteiger partial charge >= 0.3 is 12.3 Å². The molecule has 2 atom stereocenters. The van der Waals surface area contributed by atoms with Crippen molar-refractivity contribution >= 4 is 18.0 Å². The van der Waals surface area contributed by atoms with Gasteiger partial charge in [0, 0.05) is 11.9 Å². The van der Waals surface area contributed by atoms with Crippen LogP contribution in [0.5, 0.6) is 0 Å². The van der Waals surface area contributed by atoms with E-state index >= 15 is 0 Å². The number of rotatable bonds is 6. The Morgan fingerprint density at radius 1 is 1.12 bits per heavy atom. The van der Waals surface area contributed by atoms with Gasteiger partial charge in [0.15, 0.2) is 0 Å². The summed E-state index contributed by atoms with van der Waals surface area (Å²) in [6.07, 6.45) is -1.66. The van der Waals surface area contributed by atoms with Crippen molar-refractivity contribution in [3.63, 3.8) is 0 Å². The lowest BCUT2D eigenvalue weighted by Gasteiger charge is -2.23. The average molecular weight is 475 g/mol. The number of carbonyl (C=O) groups is 1. The Morgan fingerprint density at radius 2 is 1.82 bits per heavy atom. The van der Waals surface area contributed by atoms with Crippen molar-refractivity contribution in [2.45, 2.75) is 46.0 Å². The predicted molar refractivity (Wildman–Crippen MR) is 118 cm³/mol. The summed E-state index contributed by atoms with van der Waals surface area (Å²) in [4.78, 5) is 31.1. The van der Waals surface area contributed by atoms with Gasteiger partial charge in [-0.25, -0.2) is 14.7 Å². The number of ether oxygens (including phenoxy) is 1. The molecule has 0 spiro atoms. The van der Waals surface area contributed by atoms with E-state index in [1.807, 2.05) is 20.8 Å². The lowest BCUT2D eigenvalue weighted by molar-refractivity contribution is -0.137. The van der Waals surface area contributed by atoms with Gasteiger partial charge in [-0.3, -0.25) is 0 Å². The third kappa shape index (κ3) is 4.80. The molecule has 1 aliphatic rings. The second-order valence-electron chi connectivity index (χ2n) is 8.38. The molecular weight excluding hydrogens is 451 g/mol. The fourth-order valence-corrected chi connectivity index (χ4v) is 3.59. The molecule has 1 amide bonds. The Hall–Kier alpha value is -3.70. The molecule has 1 fully saturated rings. The minimum Gasteiger partial charge on any atom is -0.447 e. The molecular formula is C22H24F3N7O2. The van der Waals surface area contributed by atoms with Gasteiger partial charge in [0.1, 0.15) is 12.4 Å². The number of benzene rings is 1. The smallest absolute Gasteiger partial charge is 0.417 e.